The fourth-order valence-corrected chi connectivity index (χ4v) is 2.95. The van der Waals surface area contributed by atoms with Crippen LogP contribution in [-0.4, -0.2) is 25.0 Å². The predicted octanol–water partition coefficient (Wildman–Crippen LogP) is 2.73. The Balaban J connectivity index is 1.47. The third-order valence-corrected chi connectivity index (χ3v) is 4.17. The van der Waals surface area contributed by atoms with Crippen LogP contribution in [-0.2, 0) is 17.8 Å². The van der Waals surface area contributed by atoms with E-state index in [1.807, 2.05) is 36.4 Å². The standard InChI is InChI=1S/C18H18ClN3O2/c19-15-6-3-4-13(10-15)11-20-18(24)21-12-17(23)22-9-8-14-5-1-2-7-16(14)22/h1-7,10H,8-9,11-12H2,(H2,20,21,24). The zero-order valence-electron chi connectivity index (χ0n) is 13.1. The number of nitrogens with zero attached hydrogens (tertiary/aromatic N) is 1. The Morgan fingerprint density at radius 1 is 1.08 bits per heavy atom. The van der Waals surface area contributed by atoms with E-state index < -0.39 is 0 Å². The van der Waals surface area contributed by atoms with Crippen LogP contribution in [0.25, 0.3) is 0 Å². The van der Waals surface area contributed by atoms with Gasteiger partial charge in [-0.1, -0.05) is 41.9 Å². The van der Waals surface area contributed by atoms with Gasteiger partial charge in [0.2, 0.25) is 5.91 Å². The van der Waals surface area contributed by atoms with Crippen LogP contribution in [0.15, 0.2) is 48.5 Å². The summed E-state index contributed by atoms with van der Waals surface area (Å²) in [6.07, 6.45) is 0.850. The number of hydrogen-bond donors (Lipinski definition) is 2. The molecular formula is C18H18ClN3O2. The van der Waals surface area contributed by atoms with Gasteiger partial charge < -0.3 is 15.5 Å². The van der Waals surface area contributed by atoms with E-state index in [-0.39, 0.29) is 18.5 Å². The third kappa shape index (κ3) is 3.86. The Kier molecular flexibility index (Phi) is 5.01. The maximum Gasteiger partial charge on any atom is 0.315 e. The van der Waals surface area contributed by atoms with Crippen molar-refractivity contribution >= 4 is 29.2 Å². The summed E-state index contributed by atoms with van der Waals surface area (Å²) in [5.41, 5.74) is 3.00. The zero-order chi connectivity index (χ0) is 16.9. The molecule has 24 heavy (non-hydrogen) atoms. The molecule has 1 aliphatic heterocycles. The fourth-order valence-electron chi connectivity index (χ4n) is 2.74. The molecule has 0 bridgehead atoms. The quantitative estimate of drug-likeness (QED) is 0.896. The minimum Gasteiger partial charge on any atom is -0.334 e. The predicted molar refractivity (Wildman–Crippen MR) is 94.2 cm³/mol. The van der Waals surface area contributed by atoms with Crippen LogP contribution in [0.2, 0.25) is 5.02 Å². The lowest BCUT2D eigenvalue weighted by Crippen LogP contribution is -2.43. The van der Waals surface area contributed by atoms with E-state index in [2.05, 4.69) is 10.6 Å². The second-order valence-electron chi connectivity index (χ2n) is 5.59. The SMILES string of the molecule is O=C(NCC(=O)N1CCc2ccccc21)NCc1cccc(Cl)c1. The van der Waals surface area contributed by atoms with Gasteiger partial charge in [-0.05, 0) is 35.7 Å². The highest BCUT2D eigenvalue weighted by atomic mass is 35.5. The summed E-state index contributed by atoms with van der Waals surface area (Å²) in [4.78, 5) is 25.9. The van der Waals surface area contributed by atoms with E-state index >= 15 is 0 Å². The van der Waals surface area contributed by atoms with E-state index in [4.69, 9.17) is 11.6 Å². The van der Waals surface area contributed by atoms with Gasteiger partial charge >= 0.3 is 6.03 Å². The number of urea groups is 1. The number of amides is 3. The second-order valence-corrected chi connectivity index (χ2v) is 6.03. The van der Waals surface area contributed by atoms with Crippen LogP contribution < -0.4 is 15.5 Å². The summed E-state index contributed by atoms with van der Waals surface area (Å²) in [6, 6.07) is 14.7. The highest BCUT2D eigenvalue weighted by Crippen LogP contribution is 2.27. The van der Waals surface area contributed by atoms with Crippen LogP contribution in [0.1, 0.15) is 11.1 Å². The Morgan fingerprint density at radius 2 is 1.92 bits per heavy atom. The average Bonchev–Trinajstić information content (AvgIpc) is 3.02. The van der Waals surface area contributed by atoms with Crippen LogP contribution in [0.3, 0.4) is 0 Å². The van der Waals surface area contributed by atoms with Crippen molar-refractivity contribution in [3.63, 3.8) is 0 Å². The third-order valence-electron chi connectivity index (χ3n) is 3.93. The lowest BCUT2D eigenvalue weighted by molar-refractivity contribution is -0.117. The van der Waals surface area contributed by atoms with E-state index in [0.717, 1.165) is 23.2 Å². The van der Waals surface area contributed by atoms with Crippen LogP contribution in [0, 0.1) is 0 Å². The van der Waals surface area contributed by atoms with E-state index in [9.17, 15) is 9.59 Å². The molecule has 0 atom stereocenters. The minimum atomic E-state index is -0.379. The molecule has 124 valence electrons. The molecule has 0 radical (unpaired) electrons. The number of halogens is 1. The molecule has 0 saturated heterocycles. The highest BCUT2D eigenvalue weighted by molar-refractivity contribution is 6.30. The molecule has 0 aromatic heterocycles. The molecule has 5 nitrogen and oxygen atoms in total. The maximum atomic E-state index is 12.3. The number of hydrogen-bond acceptors (Lipinski definition) is 2. The lowest BCUT2D eigenvalue weighted by atomic mass is 10.2. The number of carbonyl (C=O) groups excluding carboxylic acids is 2. The smallest absolute Gasteiger partial charge is 0.315 e. The van der Waals surface area contributed by atoms with Gasteiger partial charge in [0.25, 0.3) is 0 Å². The van der Waals surface area contributed by atoms with Gasteiger partial charge in [0, 0.05) is 23.8 Å². The molecule has 1 aliphatic rings. The van der Waals surface area contributed by atoms with Crippen LogP contribution >= 0.6 is 11.6 Å². The number of rotatable bonds is 4. The monoisotopic (exact) mass is 343 g/mol. The van der Waals surface area contributed by atoms with Gasteiger partial charge in [-0.15, -0.1) is 0 Å². The molecule has 0 spiro atoms. The molecule has 0 fully saturated rings. The molecule has 0 unspecified atom stereocenters. The highest BCUT2D eigenvalue weighted by Gasteiger charge is 2.23. The number of carbonyl (C=O) groups is 2. The fraction of sp³-hybridized carbons (Fsp3) is 0.222. The van der Waals surface area contributed by atoms with Gasteiger partial charge in [-0.3, -0.25) is 4.79 Å². The number of fused-ring (bicyclic) bond motifs is 1. The van der Waals surface area contributed by atoms with E-state index in [1.165, 1.54) is 0 Å². The van der Waals surface area contributed by atoms with Gasteiger partial charge in [-0.2, -0.15) is 0 Å². The lowest BCUT2D eigenvalue weighted by Gasteiger charge is -2.17. The van der Waals surface area contributed by atoms with Crippen molar-refractivity contribution in [1.82, 2.24) is 10.6 Å². The van der Waals surface area contributed by atoms with Gasteiger partial charge in [0.15, 0.2) is 0 Å². The summed E-state index contributed by atoms with van der Waals surface area (Å²) in [7, 11) is 0. The normalized spacial score (nSPS) is 12.6. The number of para-hydroxylation sites is 1. The molecule has 1 heterocycles. The van der Waals surface area contributed by atoms with E-state index in [1.54, 1.807) is 17.0 Å². The molecule has 3 rings (SSSR count). The average molecular weight is 344 g/mol. The van der Waals surface area contributed by atoms with Crippen molar-refractivity contribution in [3.8, 4) is 0 Å². The second kappa shape index (κ2) is 7.36. The summed E-state index contributed by atoms with van der Waals surface area (Å²) in [5, 5.41) is 5.94. The first kappa shape index (κ1) is 16.3. The summed E-state index contributed by atoms with van der Waals surface area (Å²) in [6.45, 7) is 0.979. The molecular weight excluding hydrogens is 326 g/mol. The van der Waals surface area contributed by atoms with Gasteiger partial charge in [0.1, 0.15) is 0 Å². The first-order valence-corrected chi connectivity index (χ1v) is 8.16. The molecule has 2 N–H and O–H groups in total. The molecule has 6 heteroatoms. The van der Waals surface area contributed by atoms with Crippen molar-refractivity contribution in [3.05, 3.63) is 64.7 Å². The van der Waals surface area contributed by atoms with Crippen molar-refractivity contribution in [1.29, 1.82) is 0 Å². The largest absolute Gasteiger partial charge is 0.334 e. The Bertz CT molecular complexity index is 763. The molecule has 3 amide bonds. The van der Waals surface area contributed by atoms with Crippen LogP contribution in [0.4, 0.5) is 10.5 Å². The summed E-state index contributed by atoms with van der Waals surface area (Å²) < 4.78 is 0. The van der Waals surface area contributed by atoms with Crippen molar-refractivity contribution < 1.29 is 9.59 Å². The minimum absolute atomic E-state index is 0.0320. The first-order chi connectivity index (χ1) is 11.6. The Labute approximate surface area is 145 Å². The Morgan fingerprint density at radius 3 is 2.75 bits per heavy atom. The molecule has 0 aliphatic carbocycles. The van der Waals surface area contributed by atoms with Crippen LogP contribution in [0.5, 0.6) is 0 Å². The van der Waals surface area contributed by atoms with Gasteiger partial charge in [-0.25, -0.2) is 4.79 Å². The van der Waals surface area contributed by atoms with Crippen molar-refractivity contribution in [2.45, 2.75) is 13.0 Å². The zero-order valence-corrected chi connectivity index (χ0v) is 13.8. The first-order valence-electron chi connectivity index (χ1n) is 7.78. The van der Waals surface area contributed by atoms with Crippen molar-refractivity contribution in [2.75, 3.05) is 18.0 Å². The summed E-state index contributed by atoms with van der Waals surface area (Å²) in [5.74, 6) is -0.113. The molecule has 2 aromatic rings. The topological polar surface area (TPSA) is 61.4 Å². The maximum absolute atomic E-state index is 12.3. The number of nitrogens with one attached hydrogen (secondary N) is 2. The summed E-state index contributed by atoms with van der Waals surface area (Å²) >= 11 is 5.90. The van der Waals surface area contributed by atoms with Gasteiger partial charge in [0.05, 0.1) is 6.54 Å². The number of benzene rings is 2. The molecule has 0 saturated carbocycles. The van der Waals surface area contributed by atoms with Crippen molar-refractivity contribution in [2.24, 2.45) is 0 Å². The van der Waals surface area contributed by atoms with E-state index in [0.29, 0.717) is 18.1 Å². The Hall–Kier alpha value is -2.53. The molecule has 2 aromatic carbocycles. The number of anilines is 1.